The summed E-state index contributed by atoms with van der Waals surface area (Å²) in [6.45, 7) is 3.16. The number of nitrogens with one attached hydrogen (secondary N) is 1. The lowest BCUT2D eigenvalue weighted by Crippen LogP contribution is -2.07. The topological polar surface area (TPSA) is 29.9 Å². The Hall–Kier alpha value is -1.19. The summed E-state index contributed by atoms with van der Waals surface area (Å²) in [7, 11) is 0. The summed E-state index contributed by atoms with van der Waals surface area (Å²) < 4.78 is 1.93. The molecule has 0 fully saturated rings. The zero-order chi connectivity index (χ0) is 14.8. The predicted molar refractivity (Wildman–Crippen MR) is 89.0 cm³/mol. The van der Waals surface area contributed by atoms with Gasteiger partial charge < -0.3 is 5.32 Å². The summed E-state index contributed by atoms with van der Waals surface area (Å²) in [5.74, 6) is 1.08. The molecule has 1 aromatic carbocycles. The molecule has 1 aliphatic heterocycles. The molecule has 0 saturated carbocycles. The van der Waals surface area contributed by atoms with Crippen molar-refractivity contribution in [2.24, 2.45) is 0 Å². The minimum Gasteiger partial charge on any atom is -0.370 e. The molecule has 1 aromatic heterocycles. The maximum atomic E-state index is 6.38. The lowest BCUT2D eigenvalue weighted by molar-refractivity contribution is 0.753. The molecule has 1 N–H and O–H groups in total. The highest BCUT2D eigenvalue weighted by Crippen LogP contribution is 2.34. The highest BCUT2D eigenvalue weighted by atomic mass is 35.5. The summed E-state index contributed by atoms with van der Waals surface area (Å²) in [4.78, 5) is 0. The van der Waals surface area contributed by atoms with Gasteiger partial charge in [-0.15, -0.1) is 0 Å². The van der Waals surface area contributed by atoms with Crippen LogP contribution in [-0.2, 0) is 12.8 Å². The van der Waals surface area contributed by atoms with Gasteiger partial charge in [-0.05, 0) is 37.8 Å². The summed E-state index contributed by atoms with van der Waals surface area (Å²) >= 11 is 12.5. The van der Waals surface area contributed by atoms with Crippen molar-refractivity contribution in [2.75, 3.05) is 11.9 Å². The van der Waals surface area contributed by atoms with E-state index in [1.807, 2.05) is 16.8 Å². The molecule has 0 atom stereocenters. The molecule has 3 rings (SSSR count). The lowest BCUT2D eigenvalue weighted by Gasteiger charge is -2.11. The molecule has 0 bridgehead atoms. The summed E-state index contributed by atoms with van der Waals surface area (Å²) in [6, 6.07) is 5.67. The van der Waals surface area contributed by atoms with Gasteiger partial charge in [0, 0.05) is 12.1 Å². The molecule has 2 heterocycles. The van der Waals surface area contributed by atoms with E-state index in [-0.39, 0.29) is 0 Å². The Morgan fingerprint density at radius 2 is 2.14 bits per heavy atom. The van der Waals surface area contributed by atoms with Crippen LogP contribution < -0.4 is 5.32 Å². The first-order chi connectivity index (χ1) is 10.2. The number of hydrogen-bond donors (Lipinski definition) is 1. The molecule has 0 amide bonds. The summed E-state index contributed by atoms with van der Waals surface area (Å²) in [5, 5.41) is 9.44. The van der Waals surface area contributed by atoms with Crippen LogP contribution in [0.2, 0.25) is 10.0 Å². The molecule has 5 heteroatoms. The third kappa shape index (κ3) is 2.77. The summed E-state index contributed by atoms with van der Waals surface area (Å²) in [6.07, 6.45) is 5.55. The van der Waals surface area contributed by atoms with E-state index in [1.54, 1.807) is 6.07 Å². The van der Waals surface area contributed by atoms with Crippen LogP contribution in [0.4, 0.5) is 5.82 Å². The van der Waals surface area contributed by atoms with Crippen molar-refractivity contribution in [1.29, 1.82) is 0 Å². The van der Waals surface area contributed by atoms with Gasteiger partial charge in [-0.25, -0.2) is 4.68 Å². The third-order valence-electron chi connectivity index (χ3n) is 3.86. The van der Waals surface area contributed by atoms with Gasteiger partial charge in [-0.3, -0.25) is 0 Å². The Morgan fingerprint density at radius 1 is 1.29 bits per heavy atom. The first-order valence-electron chi connectivity index (χ1n) is 7.51. The lowest BCUT2D eigenvalue weighted by atomic mass is 10.1. The van der Waals surface area contributed by atoms with E-state index >= 15 is 0 Å². The Morgan fingerprint density at radius 3 is 2.95 bits per heavy atom. The van der Waals surface area contributed by atoms with E-state index in [4.69, 9.17) is 28.3 Å². The van der Waals surface area contributed by atoms with E-state index in [1.165, 1.54) is 24.1 Å². The van der Waals surface area contributed by atoms with Crippen LogP contribution in [0.1, 0.15) is 37.4 Å². The number of nitrogens with zero attached hydrogens (tertiary/aromatic N) is 2. The van der Waals surface area contributed by atoms with Crippen molar-refractivity contribution in [3.8, 4) is 5.69 Å². The van der Waals surface area contributed by atoms with Gasteiger partial charge in [0.05, 0.1) is 21.4 Å². The number of aryl methyl sites for hydroxylation is 1. The number of aromatic nitrogens is 2. The van der Waals surface area contributed by atoms with Crippen LogP contribution >= 0.6 is 23.2 Å². The van der Waals surface area contributed by atoms with Crippen LogP contribution in [0, 0.1) is 0 Å². The van der Waals surface area contributed by atoms with Crippen molar-refractivity contribution in [3.05, 3.63) is 39.5 Å². The van der Waals surface area contributed by atoms with Gasteiger partial charge in [-0.2, -0.15) is 5.10 Å². The standard InChI is InChI=1S/C16H19Cl2N3/c1-2-6-13-11-7-3-4-10-19-16(11)21(20-13)14-9-5-8-12(17)15(14)18/h5,8-9,19H,2-4,6-7,10H2,1H3. The van der Waals surface area contributed by atoms with E-state index in [0.717, 1.165) is 37.3 Å². The molecule has 1 aliphatic rings. The number of halogens is 2. The van der Waals surface area contributed by atoms with Crippen molar-refractivity contribution < 1.29 is 0 Å². The van der Waals surface area contributed by atoms with Gasteiger partial charge in [0.15, 0.2) is 0 Å². The van der Waals surface area contributed by atoms with Crippen LogP contribution in [0.15, 0.2) is 18.2 Å². The molecular weight excluding hydrogens is 305 g/mol. The second-order valence-electron chi connectivity index (χ2n) is 5.39. The molecule has 0 aliphatic carbocycles. The number of benzene rings is 1. The van der Waals surface area contributed by atoms with Gasteiger partial charge in [0.2, 0.25) is 0 Å². The molecule has 2 aromatic rings. The van der Waals surface area contributed by atoms with Crippen molar-refractivity contribution in [2.45, 2.75) is 39.0 Å². The quantitative estimate of drug-likeness (QED) is 0.872. The Labute approximate surface area is 135 Å². The van der Waals surface area contributed by atoms with Gasteiger partial charge >= 0.3 is 0 Å². The second-order valence-corrected chi connectivity index (χ2v) is 6.18. The van der Waals surface area contributed by atoms with E-state index in [9.17, 15) is 0 Å². The highest BCUT2D eigenvalue weighted by molar-refractivity contribution is 6.43. The maximum Gasteiger partial charge on any atom is 0.133 e. The molecule has 0 spiro atoms. The number of fused-ring (bicyclic) bond motifs is 1. The fraction of sp³-hybridized carbons (Fsp3) is 0.438. The van der Waals surface area contributed by atoms with Crippen molar-refractivity contribution >= 4 is 29.0 Å². The SMILES string of the molecule is CCCc1nn(-c2cccc(Cl)c2Cl)c2c1CCCCN2. The van der Waals surface area contributed by atoms with Crippen LogP contribution in [0.5, 0.6) is 0 Å². The second kappa shape index (κ2) is 6.29. The average Bonchev–Trinajstić information content (AvgIpc) is 2.66. The number of anilines is 1. The fourth-order valence-corrected chi connectivity index (χ4v) is 3.22. The molecule has 112 valence electrons. The van der Waals surface area contributed by atoms with Crippen LogP contribution in [0.3, 0.4) is 0 Å². The smallest absolute Gasteiger partial charge is 0.133 e. The van der Waals surface area contributed by atoms with E-state index < -0.39 is 0 Å². The molecular formula is C16H19Cl2N3. The first kappa shape index (κ1) is 14.7. The molecule has 21 heavy (non-hydrogen) atoms. The largest absolute Gasteiger partial charge is 0.370 e. The van der Waals surface area contributed by atoms with E-state index in [2.05, 4.69) is 12.2 Å². The highest BCUT2D eigenvalue weighted by Gasteiger charge is 2.21. The molecule has 0 saturated heterocycles. The Bertz CT molecular complexity index is 649. The Kier molecular flexibility index (Phi) is 4.41. The minimum absolute atomic E-state index is 0.554. The Balaban J connectivity index is 2.16. The zero-order valence-corrected chi connectivity index (χ0v) is 13.6. The van der Waals surface area contributed by atoms with Gasteiger partial charge in [-0.1, -0.05) is 42.6 Å². The fourth-order valence-electron chi connectivity index (χ4n) is 2.84. The normalized spacial score (nSPS) is 14.4. The minimum atomic E-state index is 0.554. The molecule has 0 radical (unpaired) electrons. The van der Waals surface area contributed by atoms with Crippen LogP contribution in [-0.4, -0.2) is 16.3 Å². The number of rotatable bonds is 3. The zero-order valence-electron chi connectivity index (χ0n) is 12.1. The molecule has 3 nitrogen and oxygen atoms in total. The average molecular weight is 324 g/mol. The predicted octanol–water partition coefficient (Wildman–Crippen LogP) is 4.88. The summed E-state index contributed by atoms with van der Waals surface area (Å²) in [5.41, 5.74) is 3.36. The van der Waals surface area contributed by atoms with E-state index in [0.29, 0.717) is 10.0 Å². The number of hydrogen-bond acceptors (Lipinski definition) is 2. The van der Waals surface area contributed by atoms with Crippen LogP contribution in [0.25, 0.3) is 5.69 Å². The van der Waals surface area contributed by atoms with Crippen molar-refractivity contribution in [3.63, 3.8) is 0 Å². The third-order valence-corrected chi connectivity index (χ3v) is 4.67. The van der Waals surface area contributed by atoms with Gasteiger partial charge in [0.1, 0.15) is 5.82 Å². The van der Waals surface area contributed by atoms with Crippen molar-refractivity contribution in [1.82, 2.24) is 9.78 Å². The van der Waals surface area contributed by atoms with Gasteiger partial charge in [0.25, 0.3) is 0 Å². The maximum absolute atomic E-state index is 6.38. The molecule has 0 unspecified atom stereocenters. The first-order valence-corrected chi connectivity index (χ1v) is 8.27. The monoisotopic (exact) mass is 323 g/mol.